The van der Waals surface area contributed by atoms with E-state index in [4.69, 9.17) is 0 Å². The van der Waals surface area contributed by atoms with Gasteiger partial charge < -0.3 is 15.5 Å². The van der Waals surface area contributed by atoms with Gasteiger partial charge in [-0.1, -0.05) is 18.6 Å². The number of allylic oxidation sites excluding steroid dienone is 2. The zero-order chi connectivity index (χ0) is 20.2. The molecule has 0 spiro atoms. The van der Waals surface area contributed by atoms with Crippen LogP contribution in [0, 0.1) is 23.7 Å². The van der Waals surface area contributed by atoms with Crippen LogP contribution in [0.3, 0.4) is 0 Å². The zero-order valence-electron chi connectivity index (χ0n) is 18.0. The summed E-state index contributed by atoms with van der Waals surface area (Å²) in [7, 11) is 0. The number of imide groups is 1. The van der Waals surface area contributed by atoms with E-state index in [0.717, 1.165) is 32.0 Å². The molecule has 0 radical (unpaired) electrons. The number of guanidine groups is 1. The first-order valence-corrected chi connectivity index (χ1v) is 11.5. The molecule has 4 aliphatic rings. The molecule has 1 saturated carbocycles. The van der Waals surface area contributed by atoms with Crippen LogP contribution in [-0.2, 0) is 9.59 Å². The van der Waals surface area contributed by atoms with Crippen LogP contribution < -0.4 is 10.6 Å². The molecule has 2 amide bonds. The highest BCUT2D eigenvalue weighted by Crippen LogP contribution is 2.52. The second-order valence-electron chi connectivity index (χ2n) is 8.77. The van der Waals surface area contributed by atoms with Crippen molar-refractivity contribution in [2.45, 2.75) is 39.0 Å². The minimum atomic E-state index is -0.0882. The second-order valence-corrected chi connectivity index (χ2v) is 8.77. The number of rotatable bonds is 8. The number of fused-ring (bicyclic) bond motifs is 5. The van der Waals surface area contributed by atoms with Crippen LogP contribution in [0.25, 0.3) is 0 Å². The molecule has 30 heavy (non-hydrogen) atoms. The highest BCUT2D eigenvalue weighted by Gasteiger charge is 2.58. The average molecular weight is 529 g/mol. The maximum absolute atomic E-state index is 12.7. The van der Waals surface area contributed by atoms with Crippen LogP contribution >= 0.6 is 24.0 Å². The maximum atomic E-state index is 12.7. The van der Waals surface area contributed by atoms with Crippen molar-refractivity contribution in [3.63, 3.8) is 0 Å². The van der Waals surface area contributed by atoms with Gasteiger partial charge in [0.25, 0.3) is 0 Å². The van der Waals surface area contributed by atoms with Crippen molar-refractivity contribution in [1.29, 1.82) is 0 Å². The number of aliphatic imine (C=N–C) groups is 1. The van der Waals surface area contributed by atoms with E-state index in [0.29, 0.717) is 19.5 Å². The molecule has 4 rings (SSSR count). The number of nitrogens with zero attached hydrogens (tertiary/aromatic N) is 3. The van der Waals surface area contributed by atoms with Crippen molar-refractivity contribution in [3.8, 4) is 0 Å². The van der Waals surface area contributed by atoms with E-state index in [-0.39, 0.29) is 59.5 Å². The second kappa shape index (κ2) is 10.9. The van der Waals surface area contributed by atoms with Gasteiger partial charge in [-0.2, -0.15) is 0 Å². The van der Waals surface area contributed by atoms with E-state index in [9.17, 15) is 9.59 Å². The highest BCUT2D eigenvalue weighted by molar-refractivity contribution is 14.0. The molecule has 0 aromatic heterocycles. The van der Waals surface area contributed by atoms with Gasteiger partial charge in [0, 0.05) is 32.7 Å². The van der Waals surface area contributed by atoms with Gasteiger partial charge in [-0.3, -0.25) is 19.5 Å². The fourth-order valence-electron chi connectivity index (χ4n) is 5.46. The van der Waals surface area contributed by atoms with Gasteiger partial charge in [0.05, 0.1) is 11.8 Å². The number of amides is 2. The van der Waals surface area contributed by atoms with E-state index in [1.807, 2.05) is 0 Å². The van der Waals surface area contributed by atoms with Crippen molar-refractivity contribution in [1.82, 2.24) is 20.4 Å². The molecule has 0 aromatic rings. The fraction of sp³-hybridized carbons (Fsp3) is 0.773. The predicted molar refractivity (Wildman–Crippen MR) is 129 cm³/mol. The van der Waals surface area contributed by atoms with Crippen LogP contribution in [0.2, 0.25) is 0 Å². The van der Waals surface area contributed by atoms with E-state index < -0.39 is 0 Å². The number of nitrogens with one attached hydrogen (secondary N) is 2. The summed E-state index contributed by atoms with van der Waals surface area (Å²) in [6, 6.07) is 0. The third-order valence-corrected chi connectivity index (χ3v) is 6.88. The van der Waals surface area contributed by atoms with Gasteiger partial charge in [-0.25, -0.2) is 0 Å². The molecule has 168 valence electrons. The lowest BCUT2D eigenvalue weighted by Crippen LogP contribution is -2.42. The molecule has 2 aliphatic heterocycles. The summed E-state index contributed by atoms with van der Waals surface area (Å²) < 4.78 is 0. The number of hydrogen-bond donors (Lipinski definition) is 2. The predicted octanol–water partition coefficient (Wildman–Crippen LogP) is 1.84. The number of halogens is 1. The largest absolute Gasteiger partial charge is 0.357 e. The summed E-state index contributed by atoms with van der Waals surface area (Å²) in [4.78, 5) is 34.1. The first-order chi connectivity index (χ1) is 14.2. The average Bonchev–Trinajstić information content (AvgIpc) is 3.41. The third kappa shape index (κ3) is 5.00. The Kier molecular flexibility index (Phi) is 8.56. The third-order valence-electron chi connectivity index (χ3n) is 6.88. The molecule has 4 unspecified atom stereocenters. The lowest BCUT2D eigenvalue weighted by molar-refractivity contribution is -0.140. The molecule has 3 fully saturated rings. The SMILES string of the molecule is CCNC(=NCCCN1C(=O)C2C3C=CC(C3)C2C1=O)NCCN1CCCCC1.I. The number of carbonyl (C=O) groups excluding carboxylic acids is 2. The summed E-state index contributed by atoms with van der Waals surface area (Å²) in [5.74, 6) is 1.31. The molecule has 4 atom stereocenters. The molecule has 7 nitrogen and oxygen atoms in total. The number of hydrogen-bond acceptors (Lipinski definition) is 4. The smallest absolute Gasteiger partial charge is 0.233 e. The van der Waals surface area contributed by atoms with Crippen molar-refractivity contribution in [2.24, 2.45) is 28.7 Å². The van der Waals surface area contributed by atoms with Gasteiger partial charge >= 0.3 is 0 Å². The van der Waals surface area contributed by atoms with Crippen molar-refractivity contribution in [2.75, 3.05) is 45.8 Å². The van der Waals surface area contributed by atoms with Crippen LogP contribution in [0.15, 0.2) is 17.1 Å². The summed E-state index contributed by atoms with van der Waals surface area (Å²) in [5, 5.41) is 6.69. The number of piperidine rings is 1. The van der Waals surface area contributed by atoms with Gasteiger partial charge in [0.15, 0.2) is 5.96 Å². The molecule has 2 saturated heterocycles. The molecule has 2 bridgehead atoms. The number of carbonyl (C=O) groups is 2. The quantitative estimate of drug-likeness (QED) is 0.125. The fourth-order valence-corrected chi connectivity index (χ4v) is 5.46. The molecule has 2 heterocycles. The summed E-state index contributed by atoms with van der Waals surface area (Å²) >= 11 is 0. The van der Waals surface area contributed by atoms with Gasteiger partial charge in [0.1, 0.15) is 0 Å². The monoisotopic (exact) mass is 529 g/mol. The summed E-state index contributed by atoms with van der Waals surface area (Å²) in [5.41, 5.74) is 0. The van der Waals surface area contributed by atoms with E-state index in [2.05, 4.69) is 39.6 Å². The molecular formula is C22H36IN5O2. The highest BCUT2D eigenvalue weighted by atomic mass is 127. The molecule has 8 heteroatoms. The first kappa shape index (κ1) is 23.5. The maximum Gasteiger partial charge on any atom is 0.233 e. The lowest BCUT2D eigenvalue weighted by atomic mass is 9.85. The zero-order valence-corrected chi connectivity index (χ0v) is 20.3. The molecule has 0 aromatic carbocycles. The standard InChI is InChI=1S/C22H35N5O2.HI/c1-2-23-22(25-10-14-26-11-4-3-5-12-26)24-9-6-13-27-20(28)18-16-7-8-17(15-16)19(18)21(27)29;/h7-8,16-19H,2-6,9-15H2,1H3,(H2,23,24,25);1H. The Balaban J connectivity index is 0.00000256. The minimum absolute atomic E-state index is 0. The van der Waals surface area contributed by atoms with Gasteiger partial charge in [-0.15, -0.1) is 24.0 Å². The van der Waals surface area contributed by atoms with E-state index >= 15 is 0 Å². The van der Waals surface area contributed by atoms with E-state index in [1.165, 1.54) is 37.3 Å². The van der Waals surface area contributed by atoms with Crippen molar-refractivity contribution in [3.05, 3.63) is 12.2 Å². The minimum Gasteiger partial charge on any atom is -0.357 e. The van der Waals surface area contributed by atoms with Crippen LogP contribution in [0.5, 0.6) is 0 Å². The Bertz CT molecular complexity index is 646. The normalized spacial score (nSPS) is 30.6. The van der Waals surface area contributed by atoms with Crippen LogP contribution in [-0.4, -0.2) is 73.4 Å². The molecular weight excluding hydrogens is 493 g/mol. The van der Waals surface area contributed by atoms with Crippen LogP contribution in [0.4, 0.5) is 0 Å². The Morgan fingerprint density at radius 1 is 1.03 bits per heavy atom. The molecule has 2 N–H and O–H groups in total. The van der Waals surface area contributed by atoms with E-state index in [1.54, 1.807) is 0 Å². The number of likely N-dealkylation sites (tertiary alicyclic amines) is 2. The van der Waals surface area contributed by atoms with Gasteiger partial charge in [0.2, 0.25) is 11.8 Å². The first-order valence-electron chi connectivity index (χ1n) is 11.5. The lowest BCUT2D eigenvalue weighted by Gasteiger charge is -2.26. The van der Waals surface area contributed by atoms with Crippen molar-refractivity contribution < 1.29 is 9.59 Å². The van der Waals surface area contributed by atoms with Crippen LogP contribution in [0.1, 0.15) is 39.0 Å². The Morgan fingerprint density at radius 3 is 2.33 bits per heavy atom. The summed E-state index contributed by atoms with van der Waals surface area (Å²) in [6.07, 6.45) is 9.95. The Labute approximate surface area is 197 Å². The molecule has 2 aliphatic carbocycles. The Hall–Kier alpha value is -1.16. The summed E-state index contributed by atoms with van der Waals surface area (Å²) in [6.45, 7) is 8.30. The Morgan fingerprint density at radius 2 is 1.70 bits per heavy atom. The topological polar surface area (TPSA) is 77.0 Å². The van der Waals surface area contributed by atoms with Gasteiger partial charge in [-0.05, 0) is 57.5 Å². The van der Waals surface area contributed by atoms with Crippen molar-refractivity contribution >= 4 is 41.8 Å².